The molecule has 0 saturated carbocycles. The molecular formula is C18H17ClN2O3. The summed E-state index contributed by atoms with van der Waals surface area (Å²) in [6, 6.07) is 12.4. The van der Waals surface area contributed by atoms with Crippen LogP contribution in [0.5, 0.6) is 5.75 Å². The lowest BCUT2D eigenvalue weighted by Crippen LogP contribution is -2.47. The second-order valence-corrected chi connectivity index (χ2v) is 6.15. The maximum atomic E-state index is 12.4. The van der Waals surface area contributed by atoms with Crippen LogP contribution in [-0.2, 0) is 9.59 Å². The van der Waals surface area contributed by atoms with Crippen LogP contribution in [-0.4, -0.2) is 24.5 Å². The maximum absolute atomic E-state index is 12.4. The highest BCUT2D eigenvalue weighted by atomic mass is 35.5. The van der Waals surface area contributed by atoms with Crippen LogP contribution >= 0.6 is 11.6 Å². The smallest absolute Gasteiger partial charge is 0.268 e. The van der Waals surface area contributed by atoms with Gasteiger partial charge in [0.15, 0.2) is 6.10 Å². The number of amides is 2. The lowest BCUT2D eigenvalue weighted by Gasteiger charge is -2.32. The predicted octanol–water partition coefficient (Wildman–Crippen LogP) is 3.40. The Kier molecular flexibility index (Phi) is 4.44. The van der Waals surface area contributed by atoms with E-state index in [1.54, 1.807) is 31.2 Å². The molecular weight excluding hydrogens is 328 g/mol. The summed E-state index contributed by atoms with van der Waals surface area (Å²) < 4.78 is 5.60. The molecule has 0 fully saturated rings. The summed E-state index contributed by atoms with van der Waals surface area (Å²) in [6.07, 6.45) is -0.626. The monoisotopic (exact) mass is 344 g/mol. The molecule has 1 unspecified atom stereocenters. The number of ether oxygens (including phenoxy) is 1. The predicted molar refractivity (Wildman–Crippen MR) is 93.7 cm³/mol. The van der Waals surface area contributed by atoms with Gasteiger partial charge in [0.25, 0.3) is 5.91 Å². The fourth-order valence-electron chi connectivity index (χ4n) is 2.59. The van der Waals surface area contributed by atoms with Crippen molar-refractivity contribution in [3.63, 3.8) is 0 Å². The minimum atomic E-state index is -0.626. The van der Waals surface area contributed by atoms with Gasteiger partial charge in [-0.2, -0.15) is 0 Å². The number of carbonyl (C=O) groups excluding carboxylic acids is 2. The Bertz CT molecular complexity index is 807. The zero-order valence-electron chi connectivity index (χ0n) is 13.4. The molecule has 0 spiro atoms. The Morgan fingerprint density at radius 3 is 2.83 bits per heavy atom. The molecule has 2 aromatic rings. The summed E-state index contributed by atoms with van der Waals surface area (Å²) in [5.74, 6) is 0.0600. The lowest BCUT2D eigenvalue weighted by atomic mass is 10.1. The zero-order valence-corrected chi connectivity index (χ0v) is 14.1. The molecule has 1 aliphatic rings. The van der Waals surface area contributed by atoms with Gasteiger partial charge in [0.2, 0.25) is 5.91 Å². The first-order valence-electron chi connectivity index (χ1n) is 7.58. The fraction of sp³-hybridized carbons (Fsp3) is 0.222. The third kappa shape index (κ3) is 3.36. The van der Waals surface area contributed by atoms with Crippen molar-refractivity contribution >= 4 is 34.8 Å². The van der Waals surface area contributed by atoms with E-state index in [4.69, 9.17) is 16.3 Å². The van der Waals surface area contributed by atoms with Crippen molar-refractivity contribution in [1.82, 2.24) is 0 Å². The highest BCUT2D eigenvalue weighted by molar-refractivity contribution is 6.30. The molecule has 0 aromatic heterocycles. The summed E-state index contributed by atoms with van der Waals surface area (Å²) >= 11 is 5.91. The third-order valence-corrected chi connectivity index (χ3v) is 3.97. The molecule has 0 aliphatic carbocycles. The van der Waals surface area contributed by atoms with E-state index in [1.807, 2.05) is 25.1 Å². The van der Waals surface area contributed by atoms with Crippen LogP contribution in [0.1, 0.15) is 12.5 Å². The standard InChI is InChI=1S/C18H17ClN2O3/c1-11-6-7-16-15(8-11)21(18(23)12(2)24-16)10-17(22)20-14-5-3-4-13(19)9-14/h3-9,12H,10H2,1-2H3,(H,20,22). The second kappa shape index (κ2) is 6.53. The van der Waals surface area contributed by atoms with Crippen molar-refractivity contribution in [2.45, 2.75) is 20.0 Å². The first kappa shape index (κ1) is 16.3. The molecule has 0 radical (unpaired) electrons. The molecule has 0 bridgehead atoms. The van der Waals surface area contributed by atoms with Crippen LogP contribution in [0, 0.1) is 6.92 Å². The maximum Gasteiger partial charge on any atom is 0.268 e. The van der Waals surface area contributed by atoms with E-state index in [0.29, 0.717) is 22.1 Å². The van der Waals surface area contributed by atoms with Crippen LogP contribution in [0.2, 0.25) is 5.02 Å². The molecule has 2 aromatic carbocycles. The first-order chi connectivity index (χ1) is 11.4. The van der Waals surface area contributed by atoms with Crippen LogP contribution in [0.3, 0.4) is 0 Å². The summed E-state index contributed by atoms with van der Waals surface area (Å²) in [5, 5.41) is 3.29. The number of nitrogens with one attached hydrogen (secondary N) is 1. The van der Waals surface area contributed by atoms with E-state index >= 15 is 0 Å². The van der Waals surface area contributed by atoms with Gasteiger partial charge in [-0.25, -0.2) is 0 Å². The van der Waals surface area contributed by atoms with Crippen molar-refractivity contribution in [1.29, 1.82) is 0 Å². The van der Waals surface area contributed by atoms with Gasteiger partial charge in [-0.1, -0.05) is 23.7 Å². The van der Waals surface area contributed by atoms with E-state index < -0.39 is 6.10 Å². The largest absolute Gasteiger partial charge is 0.479 e. The highest BCUT2D eigenvalue weighted by Crippen LogP contribution is 2.34. The molecule has 1 heterocycles. The van der Waals surface area contributed by atoms with Crippen LogP contribution in [0.15, 0.2) is 42.5 Å². The van der Waals surface area contributed by atoms with E-state index in [9.17, 15) is 9.59 Å². The van der Waals surface area contributed by atoms with Gasteiger partial charge >= 0.3 is 0 Å². The minimum absolute atomic E-state index is 0.0878. The quantitative estimate of drug-likeness (QED) is 0.928. The van der Waals surface area contributed by atoms with Crippen molar-refractivity contribution < 1.29 is 14.3 Å². The van der Waals surface area contributed by atoms with Gasteiger partial charge in [-0.3, -0.25) is 14.5 Å². The molecule has 5 nitrogen and oxygen atoms in total. The highest BCUT2D eigenvalue weighted by Gasteiger charge is 2.32. The number of benzene rings is 2. The molecule has 1 N–H and O–H groups in total. The second-order valence-electron chi connectivity index (χ2n) is 5.71. The van der Waals surface area contributed by atoms with Gasteiger partial charge in [0.05, 0.1) is 5.69 Å². The van der Waals surface area contributed by atoms with Crippen LogP contribution in [0.4, 0.5) is 11.4 Å². The SMILES string of the molecule is Cc1ccc2c(c1)N(CC(=O)Nc1cccc(Cl)c1)C(=O)C(C)O2. The molecule has 1 atom stereocenters. The van der Waals surface area contributed by atoms with Gasteiger partial charge in [-0.15, -0.1) is 0 Å². The van der Waals surface area contributed by atoms with E-state index in [0.717, 1.165) is 5.56 Å². The van der Waals surface area contributed by atoms with Gasteiger partial charge in [-0.05, 0) is 49.7 Å². The first-order valence-corrected chi connectivity index (χ1v) is 7.96. The molecule has 24 heavy (non-hydrogen) atoms. The van der Waals surface area contributed by atoms with Crippen molar-refractivity contribution in [2.24, 2.45) is 0 Å². The number of carbonyl (C=O) groups is 2. The number of halogens is 1. The van der Waals surface area contributed by atoms with Crippen LogP contribution < -0.4 is 15.0 Å². The summed E-state index contributed by atoms with van der Waals surface area (Å²) in [4.78, 5) is 26.2. The number of nitrogens with zero attached hydrogens (tertiary/aromatic N) is 1. The number of aryl methyl sites for hydroxylation is 1. The number of hydrogen-bond donors (Lipinski definition) is 1. The van der Waals surface area contributed by atoms with E-state index in [2.05, 4.69) is 5.32 Å². The Morgan fingerprint density at radius 2 is 2.08 bits per heavy atom. The molecule has 6 heteroatoms. The Balaban J connectivity index is 1.82. The molecule has 1 aliphatic heterocycles. The van der Waals surface area contributed by atoms with Gasteiger partial charge in [0, 0.05) is 10.7 Å². The third-order valence-electron chi connectivity index (χ3n) is 3.73. The fourth-order valence-corrected chi connectivity index (χ4v) is 2.78. The van der Waals surface area contributed by atoms with Gasteiger partial charge in [0.1, 0.15) is 12.3 Å². The zero-order chi connectivity index (χ0) is 17.3. The van der Waals surface area contributed by atoms with Crippen molar-refractivity contribution in [3.8, 4) is 5.75 Å². The van der Waals surface area contributed by atoms with E-state index in [-0.39, 0.29) is 18.4 Å². The number of hydrogen-bond acceptors (Lipinski definition) is 3. The minimum Gasteiger partial charge on any atom is -0.479 e. The Hall–Kier alpha value is -2.53. The van der Waals surface area contributed by atoms with Crippen molar-refractivity contribution in [3.05, 3.63) is 53.1 Å². The summed E-state index contributed by atoms with van der Waals surface area (Å²) in [6.45, 7) is 3.51. The molecule has 0 saturated heterocycles. The summed E-state index contributed by atoms with van der Waals surface area (Å²) in [5.41, 5.74) is 2.19. The molecule has 2 amide bonds. The molecule has 124 valence electrons. The lowest BCUT2D eigenvalue weighted by molar-refractivity contribution is -0.127. The van der Waals surface area contributed by atoms with Crippen molar-refractivity contribution in [2.75, 3.05) is 16.8 Å². The summed E-state index contributed by atoms with van der Waals surface area (Å²) in [7, 11) is 0. The average Bonchev–Trinajstić information content (AvgIpc) is 2.52. The van der Waals surface area contributed by atoms with Gasteiger partial charge < -0.3 is 10.1 Å². The Morgan fingerprint density at radius 1 is 1.29 bits per heavy atom. The molecule has 3 rings (SSSR count). The Labute approximate surface area is 145 Å². The topological polar surface area (TPSA) is 58.6 Å². The average molecular weight is 345 g/mol. The number of anilines is 2. The van der Waals surface area contributed by atoms with E-state index in [1.165, 1.54) is 4.90 Å². The van der Waals surface area contributed by atoms with Crippen LogP contribution in [0.25, 0.3) is 0 Å². The number of fused-ring (bicyclic) bond motifs is 1. The normalized spacial score (nSPS) is 16.4. The number of rotatable bonds is 3.